The molecular formula is C18H21N3O2S. The van der Waals surface area contributed by atoms with Crippen LogP contribution in [0.1, 0.15) is 25.3 Å². The van der Waals surface area contributed by atoms with Crippen LogP contribution >= 0.6 is 12.2 Å². The number of hydrogen-bond acceptors (Lipinski definition) is 3. The smallest absolute Gasteiger partial charge is 0.276 e. The fraction of sp³-hybridized carbons (Fsp3) is 0.222. The minimum Gasteiger partial charge on any atom is -0.484 e. The molecule has 0 aliphatic carbocycles. The third-order valence-electron chi connectivity index (χ3n) is 3.26. The average Bonchev–Trinajstić information content (AvgIpc) is 2.59. The van der Waals surface area contributed by atoms with E-state index in [4.69, 9.17) is 17.0 Å². The number of para-hydroxylation sites is 1. The van der Waals surface area contributed by atoms with E-state index in [2.05, 4.69) is 30.0 Å². The van der Waals surface area contributed by atoms with Gasteiger partial charge < -0.3 is 10.1 Å². The molecule has 2 rings (SSSR count). The molecule has 3 N–H and O–H groups in total. The zero-order valence-electron chi connectivity index (χ0n) is 13.7. The zero-order chi connectivity index (χ0) is 17.4. The largest absolute Gasteiger partial charge is 0.484 e. The molecule has 1 amide bonds. The molecular weight excluding hydrogens is 322 g/mol. The first kappa shape index (κ1) is 17.7. The van der Waals surface area contributed by atoms with Gasteiger partial charge in [-0.05, 0) is 48.0 Å². The van der Waals surface area contributed by atoms with Crippen molar-refractivity contribution in [1.82, 2.24) is 10.9 Å². The molecule has 0 spiro atoms. The number of hydrogen-bond donors (Lipinski definition) is 3. The van der Waals surface area contributed by atoms with Gasteiger partial charge in [-0.15, -0.1) is 0 Å². The molecule has 0 unspecified atom stereocenters. The maximum absolute atomic E-state index is 11.8. The molecule has 0 heterocycles. The van der Waals surface area contributed by atoms with E-state index in [0.717, 1.165) is 5.69 Å². The Bertz CT molecular complexity index is 672. The van der Waals surface area contributed by atoms with Crippen molar-refractivity contribution < 1.29 is 9.53 Å². The van der Waals surface area contributed by atoms with Crippen LogP contribution in [0.25, 0.3) is 0 Å². The van der Waals surface area contributed by atoms with E-state index in [1.807, 2.05) is 54.6 Å². The Labute approximate surface area is 147 Å². The Kier molecular flexibility index (Phi) is 6.57. The molecule has 0 bridgehead atoms. The van der Waals surface area contributed by atoms with Gasteiger partial charge in [-0.25, -0.2) is 0 Å². The number of amides is 1. The normalized spacial score (nSPS) is 10.1. The Morgan fingerprint density at radius 1 is 1.04 bits per heavy atom. The number of carbonyl (C=O) groups is 1. The van der Waals surface area contributed by atoms with Gasteiger partial charge in [0.2, 0.25) is 0 Å². The second-order valence-electron chi connectivity index (χ2n) is 5.51. The lowest BCUT2D eigenvalue weighted by Gasteiger charge is -2.12. The first-order valence-electron chi connectivity index (χ1n) is 7.68. The Morgan fingerprint density at radius 2 is 1.71 bits per heavy atom. The first-order valence-corrected chi connectivity index (χ1v) is 8.09. The van der Waals surface area contributed by atoms with Gasteiger partial charge in [0, 0.05) is 5.69 Å². The molecule has 24 heavy (non-hydrogen) atoms. The first-order chi connectivity index (χ1) is 11.5. The highest BCUT2D eigenvalue weighted by Gasteiger charge is 2.05. The quantitative estimate of drug-likeness (QED) is 0.575. The van der Waals surface area contributed by atoms with Crippen LogP contribution in [-0.4, -0.2) is 17.6 Å². The van der Waals surface area contributed by atoms with Gasteiger partial charge in [-0.2, -0.15) is 0 Å². The summed E-state index contributed by atoms with van der Waals surface area (Å²) in [4.78, 5) is 11.8. The van der Waals surface area contributed by atoms with Crippen molar-refractivity contribution in [3.8, 4) is 5.75 Å². The minimum atomic E-state index is -0.319. The molecule has 0 aliphatic rings. The number of carbonyl (C=O) groups excluding carboxylic acids is 1. The topological polar surface area (TPSA) is 62.4 Å². The van der Waals surface area contributed by atoms with Crippen LogP contribution in [-0.2, 0) is 4.79 Å². The van der Waals surface area contributed by atoms with Crippen molar-refractivity contribution in [3.63, 3.8) is 0 Å². The predicted molar refractivity (Wildman–Crippen MR) is 100.0 cm³/mol. The molecule has 2 aromatic carbocycles. The Morgan fingerprint density at radius 3 is 2.33 bits per heavy atom. The number of hydrazine groups is 1. The predicted octanol–water partition coefficient (Wildman–Crippen LogP) is 3.21. The highest BCUT2D eigenvalue weighted by atomic mass is 32.1. The molecule has 0 aromatic heterocycles. The van der Waals surface area contributed by atoms with Gasteiger partial charge in [0.25, 0.3) is 5.91 Å². The highest BCUT2D eigenvalue weighted by Crippen LogP contribution is 2.18. The molecule has 0 saturated heterocycles. The summed E-state index contributed by atoms with van der Waals surface area (Å²) in [6, 6.07) is 17.1. The number of thiocarbonyl (C=S) groups is 1. The Hall–Kier alpha value is -2.60. The third-order valence-corrected chi connectivity index (χ3v) is 3.47. The lowest BCUT2D eigenvalue weighted by Crippen LogP contribution is -2.45. The molecule has 126 valence electrons. The van der Waals surface area contributed by atoms with Crippen LogP contribution in [0, 0.1) is 0 Å². The molecule has 0 saturated carbocycles. The summed E-state index contributed by atoms with van der Waals surface area (Å²) in [5.41, 5.74) is 7.18. The standard InChI is InChI=1S/C18H21N3O2S/c1-13(2)14-8-10-16(11-9-14)23-12-17(22)20-21-18(24)19-15-6-4-3-5-7-15/h3-11,13H,12H2,1-2H3,(H,20,22)(H2,19,21,24). The van der Waals surface area contributed by atoms with E-state index in [1.54, 1.807) is 0 Å². The number of nitrogens with one attached hydrogen (secondary N) is 3. The van der Waals surface area contributed by atoms with Gasteiger partial charge in [0.15, 0.2) is 11.7 Å². The van der Waals surface area contributed by atoms with E-state index in [9.17, 15) is 4.79 Å². The number of benzene rings is 2. The SMILES string of the molecule is CC(C)c1ccc(OCC(=O)NNC(=S)Nc2ccccc2)cc1. The monoisotopic (exact) mass is 343 g/mol. The molecule has 0 atom stereocenters. The molecule has 0 radical (unpaired) electrons. The molecule has 2 aromatic rings. The van der Waals surface area contributed by atoms with E-state index < -0.39 is 0 Å². The van der Waals surface area contributed by atoms with Crippen LogP contribution in [0.2, 0.25) is 0 Å². The van der Waals surface area contributed by atoms with E-state index in [-0.39, 0.29) is 12.5 Å². The maximum atomic E-state index is 11.8. The summed E-state index contributed by atoms with van der Waals surface area (Å²) in [6.07, 6.45) is 0. The number of ether oxygens (including phenoxy) is 1. The van der Waals surface area contributed by atoms with Crippen molar-refractivity contribution in [3.05, 3.63) is 60.2 Å². The summed E-state index contributed by atoms with van der Waals surface area (Å²) >= 11 is 5.09. The van der Waals surface area contributed by atoms with Gasteiger partial charge in [-0.3, -0.25) is 15.6 Å². The van der Waals surface area contributed by atoms with Crippen LogP contribution in [0.4, 0.5) is 5.69 Å². The van der Waals surface area contributed by atoms with Crippen molar-refractivity contribution >= 4 is 28.9 Å². The second-order valence-corrected chi connectivity index (χ2v) is 5.91. The third kappa shape index (κ3) is 5.89. The van der Waals surface area contributed by atoms with Gasteiger partial charge in [-0.1, -0.05) is 44.2 Å². The summed E-state index contributed by atoms with van der Waals surface area (Å²) in [6.45, 7) is 4.16. The second kappa shape index (κ2) is 8.88. The Balaban J connectivity index is 1.70. The van der Waals surface area contributed by atoms with Crippen LogP contribution in [0.5, 0.6) is 5.75 Å². The zero-order valence-corrected chi connectivity index (χ0v) is 14.5. The minimum absolute atomic E-state index is 0.0953. The summed E-state index contributed by atoms with van der Waals surface area (Å²) in [5, 5.41) is 3.25. The fourth-order valence-electron chi connectivity index (χ4n) is 1.94. The van der Waals surface area contributed by atoms with Crippen LogP contribution < -0.4 is 20.9 Å². The summed E-state index contributed by atoms with van der Waals surface area (Å²) in [7, 11) is 0. The highest BCUT2D eigenvalue weighted by molar-refractivity contribution is 7.80. The average molecular weight is 343 g/mol. The van der Waals surface area contributed by atoms with Crippen LogP contribution in [0.15, 0.2) is 54.6 Å². The summed E-state index contributed by atoms with van der Waals surface area (Å²) < 4.78 is 5.44. The number of rotatable bonds is 5. The lowest BCUT2D eigenvalue weighted by atomic mass is 10.0. The van der Waals surface area contributed by atoms with Gasteiger partial charge >= 0.3 is 0 Å². The molecule has 0 fully saturated rings. The van der Waals surface area contributed by atoms with E-state index in [0.29, 0.717) is 16.8 Å². The lowest BCUT2D eigenvalue weighted by molar-refractivity contribution is -0.123. The molecule has 5 nitrogen and oxygen atoms in total. The molecule has 6 heteroatoms. The van der Waals surface area contributed by atoms with Crippen molar-refractivity contribution in [1.29, 1.82) is 0 Å². The number of anilines is 1. The van der Waals surface area contributed by atoms with Crippen molar-refractivity contribution in [2.75, 3.05) is 11.9 Å². The fourth-order valence-corrected chi connectivity index (χ4v) is 2.11. The van der Waals surface area contributed by atoms with Gasteiger partial charge in [0.1, 0.15) is 5.75 Å². The van der Waals surface area contributed by atoms with Gasteiger partial charge in [0.05, 0.1) is 0 Å². The van der Waals surface area contributed by atoms with E-state index >= 15 is 0 Å². The van der Waals surface area contributed by atoms with E-state index in [1.165, 1.54) is 5.56 Å². The molecule has 0 aliphatic heterocycles. The van der Waals surface area contributed by atoms with Crippen molar-refractivity contribution in [2.45, 2.75) is 19.8 Å². The van der Waals surface area contributed by atoms with Crippen molar-refractivity contribution in [2.24, 2.45) is 0 Å². The maximum Gasteiger partial charge on any atom is 0.276 e. The summed E-state index contributed by atoms with van der Waals surface area (Å²) in [5.74, 6) is 0.796. The van der Waals surface area contributed by atoms with Crippen LogP contribution in [0.3, 0.4) is 0 Å².